The highest BCUT2D eigenvalue weighted by Crippen LogP contribution is 2.47. The standard InChI is InChI=1S/C38H44N4O/c1-25-21-29(38(4,5)28-12-7-6-8-13-28)22-37(39-25)41-35-17-10-9-16-33(35)34-19-18-32(24-36(34)41)43-31-15-11-14-30(23-31)42-27(3)20-26(2)40-42/h6-10,12-14,16-19,21-23,25-27,36,39-40H,11,15,20,24H2,1-5H3. The number of rotatable bonds is 6. The Hall–Kier alpha value is -3.96. The third-order valence-corrected chi connectivity index (χ3v) is 9.65. The van der Waals surface area contributed by atoms with Gasteiger partial charge in [-0.1, -0.05) is 80.6 Å². The molecule has 5 aliphatic rings. The third kappa shape index (κ3) is 5.14. The molecular weight excluding hydrogens is 528 g/mol. The van der Waals surface area contributed by atoms with Crippen LogP contribution < -0.4 is 15.6 Å². The molecule has 0 radical (unpaired) electrons. The highest BCUT2D eigenvalue weighted by molar-refractivity contribution is 5.91. The van der Waals surface area contributed by atoms with E-state index in [-0.39, 0.29) is 17.5 Å². The third-order valence-electron chi connectivity index (χ3n) is 9.65. The zero-order chi connectivity index (χ0) is 29.7. The second-order valence-electron chi connectivity index (χ2n) is 13.3. The van der Waals surface area contributed by atoms with Crippen molar-refractivity contribution in [3.05, 3.63) is 131 Å². The Labute approximate surface area is 257 Å². The molecule has 0 bridgehead atoms. The van der Waals surface area contributed by atoms with Crippen molar-refractivity contribution in [2.24, 2.45) is 0 Å². The number of nitrogens with zero attached hydrogens (tertiary/aromatic N) is 2. The summed E-state index contributed by atoms with van der Waals surface area (Å²) in [5.74, 6) is 3.23. The van der Waals surface area contributed by atoms with E-state index >= 15 is 0 Å². The summed E-state index contributed by atoms with van der Waals surface area (Å²) in [4.78, 5) is 2.51. The molecule has 0 aromatic heterocycles. The number of hydrogen-bond acceptors (Lipinski definition) is 5. The summed E-state index contributed by atoms with van der Waals surface area (Å²) in [5.41, 5.74) is 11.3. The molecule has 2 aromatic rings. The predicted molar refractivity (Wildman–Crippen MR) is 177 cm³/mol. The van der Waals surface area contributed by atoms with E-state index in [9.17, 15) is 0 Å². The van der Waals surface area contributed by atoms with Gasteiger partial charge in [-0.2, -0.15) is 0 Å². The van der Waals surface area contributed by atoms with Crippen LogP contribution in [0.3, 0.4) is 0 Å². The van der Waals surface area contributed by atoms with Gasteiger partial charge in [0, 0.05) is 48.0 Å². The van der Waals surface area contributed by atoms with Gasteiger partial charge in [0.1, 0.15) is 17.3 Å². The molecule has 4 unspecified atom stereocenters. The number of fused-ring (bicyclic) bond motifs is 3. The molecular formula is C38H44N4O. The van der Waals surface area contributed by atoms with E-state index in [1.54, 1.807) is 0 Å². The second-order valence-corrected chi connectivity index (χ2v) is 13.3. The predicted octanol–water partition coefficient (Wildman–Crippen LogP) is 7.85. The largest absolute Gasteiger partial charge is 0.466 e. The molecule has 43 heavy (non-hydrogen) atoms. The molecule has 0 spiro atoms. The molecule has 2 aromatic carbocycles. The van der Waals surface area contributed by atoms with Gasteiger partial charge in [0.05, 0.1) is 17.4 Å². The molecule has 1 fully saturated rings. The first-order valence-corrected chi connectivity index (χ1v) is 16.0. The van der Waals surface area contributed by atoms with Crippen LogP contribution >= 0.6 is 0 Å². The van der Waals surface area contributed by atoms with Crippen molar-refractivity contribution in [3.63, 3.8) is 0 Å². The molecule has 2 N–H and O–H groups in total. The molecule has 5 heteroatoms. The number of dihydropyridines is 1. The van der Waals surface area contributed by atoms with Crippen molar-refractivity contribution in [1.82, 2.24) is 15.8 Å². The minimum atomic E-state index is -0.111. The van der Waals surface area contributed by atoms with E-state index in [1.807, 2.05) is 0 Å². The molecule has 0 saturated carbocycles. The number of nitrogens with one attached hydrogen (secondary N) is 2. The number of para-hydroxylation sites is 1. The maximum absolute atomic E-state index is 6.69. The molecule has 1 saturated heterocycles. The summed E-state index contributed by atoms with van der Waals surface area (Å²) >= 11 is 0. The van der Waals surface area contributed by atoms with Crippen LogP contribution in [0.2, 0.25) is 0 Å². The number of allylic oxidation sites excluding steroid dienone is 7. The minimum Gasteiger partial charge on any atom is -0.466 e. The van der Waals surface area contributed by atoms with Crippen molar-refractivity contribution < 1.29 is 4.74 Å². The molecule has 222 valence electrons. The van der Waals surface area contributed by atoms with Crippen LogP contribution in [-0.4, -0.2) is 29.2 Å². The van der Waals surface area contributed by atoms with Gasteiger partial charge in [0.2, 0.25) is 0 Å². The Balaban J connectivity index is 1.18. The summed E-state index contributed by atoms with van der Waals surface area (Å²) in [6.07, 6.45) is 17.7. The second kappa shape index (κ2) is 10.9. The summed E-state index contributed by atoms with van der Waals surface area (Å²) in [5, 5.41) is 6.14. The Morgan fingerprint density at radius 1 is 0.907 bits per heavy atom. The quantitative estimate of drug-likeness (QED) is 0.369. The lowest BCUT2D eigenvalue weighted by atomic mass is 9.76. The van der Waals surface area contributed by atoms with Crippen molar-refractivity contribution in [1.29, 1.82) is 0 Å². The van der Waals surface area contributed by atoms with Gasteiger partial charge < -0.3 is 20.0 Å². The van der Waals surface area contributed by atoms with E-state index in [0.29, 0.717) is 12.1 Å². The van der Waals surface area contributed by atoms with E-state index in [2.05, 4.69) is 146 Å². The number of benzene rings is 2. The highest BCUT2D eigenvalue weighted by Gasteiger charge is 2.40. The van der Waals surface area contributed by atoms with Crippen LogP contribution in [0.15, 0.2) is 120 Å². The Morgan fingerprint density at radius 2 is 1.70 bits per heavy atom. The Bertz CT molecular complexity index is 1590. The maximum atomic E-state index is 6.69. The van der Waals surface area contributed by atoms with Gasteiger partial charge in [0.15, 0.2) is 0 Å². The normalized spacial score (nSPS) is 26.7. The fraction of sp³-hybridized carbons (Fsp3) is 0.368. The minimum absolute atomic E-state index is 0.111. The van der Waals surface area contributed by atoms with Crippen LogP contribution in [0.5, 0.6) is 0 Å². The lowest BCUT2D eigenvalue weighted by Gasteiger charge is -2.38. The van der Waals surface area contributed by atoms with Gasteiger partial charge in [-0.05, 0) is 68.5 Å². The van der Waals surface area contributed by atoms with Crippen LogP contribution in [0, 0.1) is 0 Å². The number of ether oxygens (including phenoxy) is 1. The monoisotopic (exact) mass is 572 g/mol. The summed E-state index contributed by atoms with van der Waals surface area (Å²) in [6, 6.07) is 21.0. The molecule has 7 rings (SSSR count). The van der Waals surface area contributed by atoms with E-state index in [4.69, 9.17) is 4.74 Å². The first-order valence-electron chi connectivity index (χ1n) is 16.0. The van der Waals surface area contributed by atoms with E-state index in [0.717, 1.165) is 43.0 Å². The SMILES string of the molecule is CC1C=C(C(C)(C)c2ccccc2)C=C(N2c3ccccc3C3=CC=C(OC4=CC(N5NC(C)CC5C)=CCC4)CC32)N1. The summed E-state index contributed by atoms with van der Waals surface area (Å²) < 4.78 is 6.69. The van der Waals surface area contributed by atoms with Gasteiger partial charge in [0.25, 0.3) is 0 Å². The first kappa shape index (κ1) is 27.8. The molecule has 3 aliphatic heterocycles. The average molecular weight is 573 g/mol. The van der Waals surface area contributed by atoms with Gasteiger partial charge in [-0.25, -0.2) is 5.43 Å². The lowest BCUT2D eigenvalue weighted by Crippen LogP contribution is -2.43. The van der Waals surface area contributed by atoms with Gasteiger partial charge >= 0.3 is 0 Å². The van der Waals surface area contributed by atoms with Crippen molar-refractivity contribution in [2.75, 3.05) is 4.90 Å². The topological polar surface area (TPSA) is 39.8 Å². The average Bonchev–Trinajstić information content (AvgIpc) is 3.52. The lowest BCUT2D eigenvalue weighted by molar-refractivity contribution is 0.242. The van der Waals surface area contributed by atoms with Crippen LogP contribution in [0.1, 0.15) is 71.4 Å². The zero-order valence-electron chi connectivity index (χ0n) is 26.1. The van der Waals surface area contributed by atoms with E-state index in [1.165, 1.54) is 33.7 Å². The first-order chi connectivity index (χ1) is 20.8. The smallest absolute Gasteiger partial charge is 0.107 e. The van der Waals surface area contributed by atoms with Crippen molar-refractivity contribution >= 4 is 11.3 Å². The fourth-order valence-electron chi connectivity index (χ4n) is 7.40. The number of hydrazine groups is 1. The fourth-order valence-corrected chi connectivity index (χ4v) is 7.40. The van der Waals surface area contributed by atoms with Crippen LogP contribution in [-0.2, 0) is 10.2 Å². The number of anilines is 1. The summed E-state index contributed by atoms with van der Waals surface area (Å²) in [7, 11) is 0. The van der Waals surface area contributed by atoms with Crippen LogP contribution in [0.25, 0.3) is 5.57 Å². The van der Waals surface area contributed by atoms with Gasteiger partial charge in [-0.15, -0.1) is 0 Å². The molecule has 4 atom stereocenters. The molecule has 0 amide bonds. The zero-order valence-corrected chi connectivity index (χ0v) is 26.1. The molecule has 2 aliphatic carbocycles. The van der Waals surface area contributed by atoms with Crippen LogP contribution in [0.4, 0.5) is 5.69 Å². The number of hydrogen-bond donors (Lipinski definition) is 2. The Morgan fingerprint density at radius 3 is 2.49 bits per heavy atom. The highest BCUT2D eigenvalue weighted by atomic mass is 16.5. The Kier molecular flexibility index (Phi) is 7.09. The van der Waals surface area contributed by atoms with Gasteiger partial charge in [-0.3, -0.25) is 0 Å². The molecule has 3 heterocycles. The van der Waals surface area contributed by atoms with E-state index < -0.39 is 0 Å². The van der Waals surface area contributed by atoms with Crippen molar-refractivity contribution in [2.45, 2.75) is 89.9 Å². The maximum Gasteiger partial charge on any atom is 0.107 e. The molecule has 5 nitrogen and oxygen atoms in total. The van der Waals surface area contributed by atoms with Crippen molar-refractivity contribution in [3.8, 4) is 0 Å². The summed E-state index contributed by atoms with van der Waals surface area (Å²) in [6.45, 7) is 11.5.